The summed E-state index contributed by atoms with van der Waals surface area (Å²) >= 11 is 0. The fourth-order valence-corrected chi connectivity index (χ4v) is 4.66. The summed E-state index contributed by atoms with van der Waals surface area (Å²) in [6, 6.07) is 0. The van der Waals surface area contributed by atoms with Gasteiger partial charge in [-0.1, -0.05) is 142 Å². The molecule has 0 unspecified atom stereocenters. The fraction of sp³-hybridized carbons (Fsp3) is 0.909. The molecule has 0 atom stereocenters. The van der Waals surface area contributed by atoms with Crippen LogP contribution in [0.3, 0.4) is 0 Å². The van der Waals surface area contributed by atoms with Crippen LogP contribution in [0.2, 0.25) is 0 Å². The molecule has 0 bridgehead atoms. The summed E-state index contributed by atoms with van der Waals surface area (Å²) < 4.78 is 10.5. The Morgan fingerprint density at radius 1 is 0.487 bits per heavy atom. The number of aliphatic carboxylic acids is 1. The lowest BCUT2D eigenvalue weighted by Crippen LogP contribution is -2.39. The second-order valence-corrected chi connectivity index (χ2v) is 11.8. The van der Waals surface area contributed by atoms with Crippen LogP contribution in [0.25, 0.3) is 0 Å². The van der Waals surface area contributed by atoms with Gasteiger partial charge in [0.1, 0.15) is 18.6 Å². The molecule has 0 aliphatic rings. The Balaban J connectivity index is 3.85. The van der Waals surface area contributed by atoms with E-state index in [9.17, 15) is 19.5 Å². The van der Waals surface area contributed by atoms with E-state index < -0.39 is 11.4 Å². The molecule has 0 rings (SSSR count). The highest BCUT2D eigenvalue weighted by atomic mass is 16.6. The first-order valence-corrected chi connectivity index (χ1v) is 16.4. The number of esters is 2. The normalized spacial score (nSPS) is 11.5. The third-order valence-electron chi connectivity index (χ3n) is 7.59. The lowest BCUT2D eigenvalue weighted by Gasteiger charge is -2.24. The Morgan fingerprint density at radius 3 is 1.00 bits per heavy atom. The molecular weight excluding hydrogens is 492 g/mol. The van der Waals surface area contributed by atoms with Gasteiger partial charge in [-0.05, 0) is 19.8 Å². The first kappa shape index (κ1) is 37.4. The number of unbranched alkanes of at least 4 members (excludes halogenated alkanes) is 20. The number of rotatable bonds is 29. The smallest absolute Gasteiger partial charge is 0.316 e. The SMILES string of the molecule is CCCCCCCCCCCCCC(=O)OCC(C)(COC(=O)CCCCCCCCCCCCC)C(=O)O. The van der Waals surface area contributed by atoms with Crippen molar-refractivity contribution in [2.75, 3.05) is 13.2 Å². The minimum atomic E-state index is -1.43. The molecule has 0 aliphatic heterocycles. The number of carbonyl (C=O) groups is 3. The monoisotopic (exact) mass is 554 g/mol. The second-order valence-electron chi connectivity index (χ2n) is 11.8. The summed E-state index contributed by atoms with van der Waals surface area (Å²) in [5, 5.41) is 9.63. The molecule has 0 aromatic heterocycles. The quantitative estimate of drug-likeness (QED) is 0.0731. The van der Waals surface area contributed by atoms with Crippen LogP contribution in [-0.2, 0) is 23.9 Å². The molecule has 39 heavy (non-hydrogen) atoms. The molecule has 230 valence electrons. The van der Waals surface area contributed by atoms with Crippen molar-refractivity contribution in [2.45, 2.75) is 175 Å². The Labute approximate surface area is 240 Å². The number of hydrogen-bond donors (Lipinski definition) is 1. The standard InChI is InChI=1S/C33H62O6/c1-4-6-8-10-12-14-16-18-20-22-24-26-30(34)38-28-33(3,32(36)37)29-39-31(35)27-25-23-21-19-17-15-13-11-9-7-5-2/h4-29H2,1-3H3,(H,36,37). The molecule has 0 aliphatic carbocycles. The highest BCUT2D eigenvalue weighted by Crippen LogP contribution is 2.20. The largest absolute Gasteiger partial charge is 0.481 e. The van der Waals surface area contributed by atoms with Crippen LogP contribution in [0.15, 0.2) is 0 Å². The maximum atomic E-state index is 12.1. The van der Waals surface area contributed by atoms with Crippen LogP contribution in [0.1, 0.15) is 175 Å². The van der Waals surface area contributed by atoms with Gasteiger partial charge >= 0.3 is 17.9 Å². The number of ether oxygens (including phenoxy) is 2. The van der Waals surface area contributed by atoms with E-state index in [4.69, 9.17) is 9.47 Å². The summed E-state index contributed by atoms with van der Waals surface area (Å²) in [5.41, 5.74) is -1.43. The van der Waals surface area contributed by atoms with Crippen LogP contribution < -0.4 is 0 Å². The van der Waals surface area contributed by atoms with E-state index in [2.05, 4.69) is 13.8 Å². The average Bonchev–Trinajstić information content (AvgIpc) is 2.92. The molecular formula is C33H62O6. The van der Waals surface area contributed by atoms with Crippen LogP contribution in [0.5, 0.6) is 0 Å². The van der Waals surface area contributed by atoms with E-state index in [0.717, 1.165) is 38.5 Å². The zero-order valence-corrected chi connectivity index (χ0v) is 25.9. The molecule has 6 nitrogen and oxygen atoms in total. The van der Waals surface area contributed by atoms with E-state index in [0.29, 0.717) is 12.8 Å². The van der Waals surface area contributed by atoms with Gasteiger partial charge in [-0.2, -0.15) is 0 Å². The number of carboxylic acids is 1. The molecule has 1 N–H and O–H groups in total. The molecule has 0 saturated heterocycles. The highest BCUT2D eigenvalue weighted by Gasteiger charge is 2.36. The Kier molecular flexibility index (Phi) is 25.5. The first-order valence-electron chi connectivity index (χ1n) is 16.4. The third kappa shape index (κ3) is 24.0. The zero-order chi connectivity index (χ0) is 29.0. The van der Waals surface area contributed by atoms with Gasteiger partial charge in [0.05, 0.1) is 0 Å². The highest BCUT2D eigenvalue weighted by molar-refractivity contribution is 5.76. The van der Waals surface area contributed by atoms with E-state index in [-0.39, 0.29) is 25.2 Å². The van der Waals surface area contributed by atoms with Crippen molar-refractivity contribution in [3.05, 3.63) is 0 Å². The predicted octanol–water partition coefficient (Wildman–Crippen LogP) is 9.57. The van der Waals surface area contributed by atoms with Crippen LogP contribution >= 0.6 is 0 Å². The summed E-state index contributed by atoms with van der Waals surface area (Å²) in [6.07, 6.45) is 27.1. The Bertz CT molecular complexity index is 561. The second kappa shape index (κ2) is 26.6. The summed E-state index contributed by atoms with van der Waals surface area (Å²) in [4.78, 5) is 36.0. The number of carboxylic acid groups (broad SMARTS) is 1. The van der Waals surface area contributed by atoms with Gasteiger partial charge in [-0.15, -0.1) is 0 Å². The summed E-state index contributed by atoms with van der Waals surface area (Å²) in [7, 11) is 0. The average molecular weight is 555 g/mol. The number of carbonyl (C=O) groups excluding carboxylic acids is 2. The van der Waals surface area contributed by atoms with Crippen molar-refractivity contribution in [1.29, 1.82) is 0 Å². The van der Waals surface area contributed by atoms with Gasteiger partial charge in [0, 0.05) is 12.8 Å². The lowest BCUT2D eigenvalue weighted by atomic mass is 9.93. The maximum absolute atomic E-state index is 12.1. The van der Waals surface area contributed by atoms with Crippen molar-refractivity contribution < 1.29 is 29.0 Å². The van der Waals surface area contributed by atoms with Crippen LogP contribution in [-0.4, -0.2) is 36.2 Å². The van der Waals surface area contributed by atoms with Gasteiger partial charge in [-0.3, -0.25) is 14.4 Å². The van der Waals surface area contributed by atoms with Crippen molar-refractivity contribution in [2.24, 2.45) is 5.41 Å². The van der Waals surface area contributed by atoms with E-state index in [1.54, 1.807) is 0 Å². The third-order valence-corrected chi connectivity index (χ3v) is 7.59. The van der Waals surface area contributed by atoms with Crippen molar-refractivity contribution in [3.8, 4) is 0 Å². The molecule has 0 fully saturated rings. The van der Waals surface area contributed by atoms with E-state index >= 15 is 0 Å². The molecule has 0 amide bonds. The Morgan fingerprint density at radius 2 is 0.744 bits per heavy atom. The molecule has 0 aromatic carbocycles. The molecule has 6 heteroatoms. The van der Waals surface area contributed by atoms with Gasteiger partial charge in [0.2, 0.25) is 0 Å². The molecule has 0 spiro atoms. The molecule has 0 aromatic rings. The first-order chi connectivity index (χ1) is 18.9. The van der Waals surface area contributed by atoms with Gasteiger partial charge in [-0.25, -0.2) is 0 Å². The van der Waals surface area contributed by atoms with Gasteiger partial charge < -0.3 is 14.6 Å². The Hall–Kier alpha value is -1.59. The summed E-state index contributed by atoms with van der Waals surface area (Å²) in [6.45, 7) is 5.35. The van der Waals surface area contributed by atoms with Crippen molar-refractivity contribution >= 4 is 17.9 Å². The zero-order valence-electron chi connectivity index (χ0n) is 25.9. The fourth-order valence-electron chi connectivity index (χ4n) is 4.66. The van der Waals surface area contributed by atoms with Crippen molar-refractivity contribution in [1.82, 2.24) is 0 Å². The van der Waals surface area contributed by atoms with E-state index in [1.165, 1.54) is 110 Å². The molecule has 0 saturated carbocycles. The van der Waals surface area contributed by atoms with Crippen molar-refractivity contribution in [3.63, 3.8) is 0 Å². The van der Waals surface area contributed by atoms with Gasteiger partial charge in [0.15, 0.2) is 0 Å². The molecule has 0 heterocycles. The lowest BCUT2D eigenvalue weighted by molar-refractivity contribution is -0.165. The van der Waals surface area contributed by atoms with Crippen LogP contribution in [0.4, 0.5) is 0 Å². The van der Waals surface area contributed by atoms with Gasteiger partial charge in [0.25, 0.3) is 0 Å². The predicted molar refractivity (Wildman–Crippen MR) is 160 cm³/mol. The number of hydrogen-bond acceptors (Lipinski definition) is 5. The summed E-state index contributed by atoms with van der Waals surface area (Å²) in [5.74, 6) is -1.90. The maximum Gasteiger partial charge on any atom is 0.316 e. The topological polar surface area (TPSA) is 89.9 Å². The molecule has 0 radical (unpaired) electrons. The van der Waals surface area contributed by atoms with Crippen LogP contribution in [0, 0.1) is 5.41 Å². The minimum Gasteiger partial charge on any atom is -0.481 e. The van der Waals surface area contributed by atoms with E-state index in [1.807, 2.05) is 0 Å². The minimum absolute atomic E-state index is 0.287.